The molecule has 3 aromatic rings. The SMILES string of the molecule is Cc1cccc(C)c1C(=O)[P+](=O)c1c(C)cc(C(=O)c2ccccc2)c(C)c1C. The third-order valence-corrected chi connectivity index (χ3v) is 7.11. The van der Waals surface area contributed by atoms with E-state index < -0.39 is 7.80 Å². The van der Waals surface area contributed by atoms with Crippen LogP contribution in [0.3, 0.4) is 0 Å². The fourth-order valence-corrected chi connectivity index (χ4v) is 5.33. The van der Waals surface area contributed by atoms with E-state index in [9.17, 15) is 14.2 Å². The summed E-state index contributed by atoms with van der Waals surface area (Å²) in [5, 5.41) is 0.537. The lowest BCUT2D eigenvalue weighted by atomic mass is 9.94. The molecule has 0 fully saturated rings. The Morgan fingerprint density at radius 2 is 1.31 bits per heavy atom. The average molecular weight is 403 g/mol. The van der Waals surface area contributed by atoms with E-state index in [-0.39, 0.29) is 11.3 Å². The predicted octanol–water partition coefficient (Wildman–Crippen LogP) is 5.75. The van der Waals surface area contributed by atoms with E-state index in [1.807, 2.05) is 71.0 Å². The molecule has 0 saturated carbocycles. The minimum atomic E-state index is -2.29. The maximum Gasteiger partial charge on any atom is 0.459 e. The van der Waals surface area contributed by atoms with Crippen molar-refractivity contribution < 1.29 is 14.2 Å². The van der Waals surface area contributed by atoms with Gasteiger partial charge in [0, 0.05) is 22.3 Å². The minimum Gasteiger partial charge on any atom is -0.289 e. The highest BCUT2D eigenvalue weighted by Crippen LogP contribution is 2.34. The number of carbonyl (C=O) groups is 2. The largest absolute Gasteiger partial charge is 0.459 e. The van der Waals surface area contributed by atoms with Gasteiger partial charge < -0.3 is 0 Å². The molecule has 3 nitrogen and oxygen atoms in total. The summed E-state index contributed by atoms with van der Waals surface area (Å²) >= 11 is 0. The quantitative estimate of drug-likeness (QED) is 0.402. The van der Waals surface area contributed by atoms with Gasteiger partial charge >= 0.3 is 13.3 Å². The van der Waals surface area contributed by atoms with Gasteiger partial charge in [0.05, 0.1) is 5.56 Å². The zero-order valence-electron chi connectivity index (χ0n) is 17.4. The number of ketones is 1. The van der Waals surface area contributed by atoms with Gasteiger partial charge in [-0.2, -0.15) is 0 Å². The first-order valence-electron chi connectivity index (χ1n) is 9.52. The minimum absolute atomic E-state index is 0.0721. The van der Waals surface area contributed by atoms with Gasteiger partial charge in [0.1, 0.15) is 0 Å². The molecule has 146 valence electrons. The average Bonchev–Trinajstić information content (AvgIpc) is 2.70. The summed E-state index contributed by atoms with van der Waals surface area (Å²) in [4.78, 5) is 26.0. The summed E-state index contributed by atoms with van der Waals surface area (Å²) in [6.45, 7) is 9.21. The van der Waals surface area contributed by atoms with Gasteiger partial charge in [0.25, 0.3) is 0 Å². The highest BCUT2D eigenvalue weighted by Gasteiger charge is 2.38. The predicted molar refractivity (Wildman–Crippen MR) is 118 cm³/mol. The second kappa shape index (κ2) is 8.23. The van der Waals surface area contributed by atoms with Gasteiger partial charge in [-0.15, -0.1) is 0 Å². The van der Waals surface area contributed by atoms with Crippen LogP contribution in [0.15, 0.2) is 54.6 Å². The van der Waals surface area contributed by atoms with Crippen molar-refractivity contribution in [3.8, 4) is 0 Å². The summed E-state index contributed by atoms with van der Waals surface area (Å²) in [7, 11) is -2.29. The molecule has 0 aromatic heterocycles. The molecule has 3 rings (SSSR count). The van der Waals surface area contributed by atoms with Gasteiger partial charge in [0.15, 0.2) is 5.78 Å². The highest BCUT2D eigenvalue weighted by molar-refractivity contribution is 7.71. The van der Waals surface area contributed by atoms with Crippen molar-refractivity contribution in [2.75, 3.05) is 0 Å². The highest BCUT2D eigenvalue weighted by atomic mass is 31.1. The lowest BCUT2D eigenvalue weighted by Gasteiger charge is -2.11. The zero-order valence-corrected chi connectivity index (χ0v) is 18.3. The number of hydrogen-bond donors (Lipinski definition) is 0. The van der Waals surface area contributed by atoms with Crippen LogP contribution in [0.1, 0.15) is 54.1 Å². The first-order chi connectivity index (χ1) is 13.7. The van der Waals surface area contributed by atoms with Crippen molar-refractivity contribution in [3.63, 3.8) is 0 Å². The van der Waals surface area contributed by atoms with Crippen LogP contribution in [0.25, 0.3) is 0 Å². The lowest BCUT2D eigenvalue weighted by Crippen LogP contribution is -2.17. The monoisotopic (exact) mass is 403 g/mol. The van der Waals surface area contributed by atoms with E-state index >= 15 is 0 Å². The maximum atomic E-state index is 13.3. The molecule has 0 radical (unpaired) electrons. The molecule has 0 saturated heterocycles. The first-order valence-corrected chi connectivity index (χ1v) is 10.8. The molecule has 29 heavy (non-hydrogen) atoms. The molecule has 4 heteroatoms. The molecule has 0 aliphatic carbocycles. The number of aryl methyl sites for hydroxylation is 3. The Morgan fingerprint density at radius 3 is 1.90 bits per heavy atom. The van der Waals surface area contributed by atoms with Crippen molar-refractivity contribution in [3.05, 3.63) is 99.1 Å². The van der Waals surface area contributed by atoms with E-state index in [1.165, 1.54) is 0 Å². The Kier molecular flexibility index (Phi) is 5.91. The van der Waals surface area contributed by atoms with Crippen LogP contribution in [0.4, 0.5) is 0 Å². The Balaban J connectivity index is 2.08. The van der Waals surface area contributed by atoms with Gasteiger partial charge in [-0.25, -0.2) is 4.79 Å². The Bertz CT molecular complexity index is 1120. The van der Waals surface area contributed by atoms with Gasteiger partial charge in [-0.3, -0.25) is 4.79 Å². The Labute approximate surface area is 172 Å². The standard InChI is InChI=1S/C25H24O3P/c1-15-10-9-11-16(2)22(15)25(27)29(28)24-17(3)14-21(18(4)19(24)5)23(26)20-12-7-6-8-13-20/h6-14H,1-5H3/q+1. The van der Waals surface area contributed by atoms with Crippen LogP contribution in [0, 0.1) is 34.6 Å². The molecule has 0 bridgehead atoms. The fraction of sp³-hybridized carbons (Fsp3) is 0.200. The molecule has 0 aliphatic rings. The molecule has 1 unspecified atom stereocenters. The van der Waals surface area contributed by atoms with Gasteiger partial charge in [-0.05, 0) is 57.4 Å². The lowest BCUT2D eigenvalue weighted by molar-refractivity contribution is 0.103. The molecular formula is C25H24O3P+. The number of benzene rings is 3. The van der Waals surface area contributed by atoms with Crippen molar-refractivity contribution >= 4 is 24.4 Å². The number of hydrogen-bond acceptors (Lipinski definition) is 3. The van der Waals surface area contributed by atoms with Crippen LogP contribution >= 0.6 is 7.80 Å². The maximum absolute atomic E-state index is 13.3. The summed E-state index contributed by atoms with van der Waals surface area (Å²) in [5.74, 6) is -0.0721. The summed E-state index contributed by atoms with van der Waals surface area (Å²) in [5.41, 5.74) is 5.20. The Morgan fingerprint density at radius 1 is 0.724 bits per heavy atom. The topological polar surface area (TPSA) is 51.2 Å². The van der Waals surface area contributed by atoms with E-state index in [2.05, 4.69) is 0 Å². The second-order valence-electron chi connectivity index (χ2n) is 7.40. The molecule has 1 atom stereocenters. The summed E-state index contributed by atoms with van der Waals surface area (Å²) in [6.07, 6.45) is 0. The van der Waals surface area contributed by atoms with Gasteiger partial charge in [0.2, 0.25) is 5.30 Å². The molecule has 3 aromatic carbocycles. The van der Waals surface area contributed by atoms with E-state index in [0.29, 0.717) is 27.6 Å². The summed E-state index contributed by atoms with van der Waals surface area (Å²) < 4.78 is 13.3. The Hall–Kier alpha value is -2.90. The van der Waals surface area contributed by atoms with E-state index in [0.717, 1.165) is 22.3 Å². The summed E-state index contributed by atoms with van der Waals surface area (Å²) in [6, 6.07) is 16.5. The normalized spacial score (nSPS) is 11.3. The number of carbonyl (C=O) groups excluding carboxylic acids is 2. The van der Waals surface area contributed by atoms with Gasteiger partial charge in [-0.1, -0.05) is 53.1 Å². The second-order valence-corrected chi connectivity index (χ2v) is 8.84. The van der Waals surface area contributed by atoms with Crippen molar-refractivity contribution in [1.82, 2.24) is 0 Å². The number of rotatable bonds is 5. The molecule has 0 amide bonds. The first kappa shape index (κ1) is 20.8. The fourth-order valence-electron chi connectivity index (χ4n) is 3.72. The van der Waals surface area contributed by atoms with Crippen molar-refractivity contribution in [1.29, 1.82) is 0 Å². The van der Waals surface area contributed by atoms with Crippen LogP contribution in [-0.2, 0) is 4.57 Å². The van der Waals surface area contributed by atoms with E-state index in [4.69, 9.17) is 0 Å². The smallest absolute Gasteiger partial charge is 0.289 e. The molecule has 0 heterocycles. The van der Waals surface area contributed by atoms with Crippen LogP contribution < -0.4 is 5.30 Å². The third kappa shape index (κ3) is 3.83. The third-order valence-electron chi connectivity index (χ3n) is 5.42. The van der Waals surface area contributed by atoms with Crippen molar-refractivity contribution in [2.45, 2.75) is 34.6 Å². The molecule has 0 spiro atoms. The van der Waals surface area contributed by atoms with Crippen LogP contribution in [-0.4, -0.2) is 11.3 Å². The van der Waals surface area contributed by atoms with Crippen molar-refractivity contribution in [2.24, 2.45) is 0 Å². The molecular weight excluding hydrogens is 379 g/mol. The molecule has 0 aliphatic heterocycles. The zero-order chi connectivity index (χ0) is 21.3. The molecule has 0 N–H and O–H groups in total. The van der Waals surface area contributed by atoms with Crippen LogP contribution in [0.5, 0.6) is 0 Å². The van der Waals surface area contributed by atoms with E-state index in [1.54, 1.807) is 18.2 Å². The van der Waals surface area contributed by atoms with Crippen LogP contribution in [0.2, 0.25) is 0 Å².